The van der Waals surface area contributed by atoms with Gasteiger partial charge in [0.25, 0.3) is 0 Å². The van der Waals surface area contributed by atoms with Crippen LogP contribution in [0.25, 0.3) is 0 Å². The molecule has 0 saturated heterocycles. The molecule has 0 aromatic heterocycles. The molecule has 0 radical (unpaired) electrons. The van der Waals surface area contributed by atoms with Gasteiger partial charge in [-0.05, 0) is 12.5 Å². The van der Waals surface area contributed by atoms with Crippen LogP contribution in [0.4, 0.5) is 0 Å². The van der Waals surface area contributed by atoms with Crippen LogP contribution >= 0.6 is 23.2 Å². The predicted molar refractivity (Wildman–Crippen MR) is 69.9 cm³/mol. The fraction of sp³-hybridized carbons (Fsp3) is 0.500. The monoisotopic (exact) mass is 278 g/mol. The van der Waals surface area contributed by atoms with Gasteiger partial charge in [-0.1, -0.05) is 0 Å². The normalized spacial score (nSPS) is 10.2. The highest BCUT2D eigenvalue weighted by Gasteiger charge is 2.23. The van der Waals surface area contributed by atoms with Crippen molar-refractivity contribution in [1.82, 2.24) is 0 Å². The molecule has 0 bridgehead atoms. The summed E-state index contributed by atoms with van der Waals surface area (Å²) in [6.45, 7) is 1.94. The Morgan fingerprint density at radius 2 is 1.12 bits per heavy atom. The van der Waals surface area contributed by atoms with Gasteiger partial charge in [0.05, 0.1) is 33.1 Å². The van der Waals surface area contributed by atoms with E-state index in [2.05, 4.69) is 0 Å². The number of methoxy groups -OCH3 is 3. The Bertz CT molecular complexity index is 372. The largest absolute Gasteiger partial charge is 0.492 e. The zero-order valence-corrected chi connectivity index (χ0v) is 11.9. The first-order valence-electron chi connectivity index (χ1n) is 5.08. The lowest BCUT2D eigenvalue weighted by Crippen LogP contribution is -2.04. The van der Waals surface area contributed by atoms with Crippen molar-refractivity contribution >= 4 is 23.2 Å². The number of ether oxygens (including phenoxy) is 3. The molecule has 5 heteroatoms. The van der Waals surface area contributed by atoms with E-state index in [-0.39, 0.29) is 0 Å². The highest BCUT2D eigenvalue weighted by Crippen LogP contribution is 2.46. The SMILES string of the molecule is COc1c(CCl)c(C)c(CCl)c(OC)c1OC. The van der Waals surface area contributed by atoms with Gasteiger partial charge >= 0.3 is 0 Å². The Morgan fingerprint density at radius 3 is 1.35 bits per heavy atom. The summed E-state index contributed by atoms with van der Waals surface area (Å²) in [5.74, 6) is 2.40. The number of halogens is 2. The van der Waals surface area contributed by atoms with E-state index in [1.807, 2.05) is 6.92 Å². The van der Waals surface area contributed by atoms with Crippen LogP contribution in [0.15, 0.2) is 0 Å². The number of hydrogen-bond acceptors (Lipinski definition) is 3. The van der Waals surface area contributed by atoms with Crippen LogP contribution in [-0.4, -0.2) is 21.3 Å². The molecule has 0 fully saturated rings. The second-order valence-electron chi connectivity index (χ2n) is 3.45. The summed E-state index contributed by atoms with van der Waals surface area (Å²) >= 11 is 11.9. The van der Waals surface area contributed by atoms with Crippen molar-refractivity contribution in [3.63, 3.8) is 0 Å². The molecule has 0 aliphatic heterocycles. The minimum Gasteiger partial charge on any atom is -0.492 e. The van der Waals surface area contributed by atoms with Crippen LogP contribution in [0.3, 0.4) is 0 Å². The molecule has 1 aromatic carbocycles. The third-order valence-electron chi connectivity index (χ3n) is 2.75. The molecule has 0 unspecified atom stereocenters. The average Bonchev–Trinajstić information content (AvgIpc) is 2.36. The lowest BCUT2D eigenvalue weighted by molar-refractivity contribution is 0.320. The van der Waals surface area contributed by atoms with Gasteiger partial charge in [0.15, 0.2) is 11.5 Å². The molecular formula is C12H16Cl2O3. The van der Waals surface area contributed by atoms with Gasteiger partial charge in [-0.15, -0.1) is 23.2 Å². The topological polar surface area (TPSA) is 27.7 Å². The lowest BCUT2D eigenvalue weighted by Gasteiger charge is -2.20. The Kier molecular flexibility index (Phi) is 5.22. The molecule has 0 amide bonds. The zero-order valence-electron chi connectivity index (χ0n) is 10.4. The van der Waals surface area contributed by atoms with Crippen LogP contribution in [0.2, 0.25) is 0 Å². The van der Waals surface area contributed by atoms with E-state index in [0.29, 0.717) is 29.0 Å². The van der Waals surface area contributed by atoms with Crippen molar-refractivity contribution in [2.24, 2.45) is 0 Å². The molecule has 17 heavy (non-hydrogen) atoms. The molecule has 0 saturated carbocycles. The second kappa shape index (κ2) is 6.22. The third kappa shape index (κ3) is 2.40. The molecule has 96 valence electrons. The molecule has 1 rings (SSSR count). The molecule has 0 heterocycles. The van der Waals surface area contributed by atoms with Gasteiger partial charge in [0.1, 0.15) is 0 Å². The quantitative estimate of drug-likeness (QED) is 0.772. The van der Waals surface area contributed by atoms with Crippen LogP contribution < -0.4 is 14.2 Å². The summed E-state index contributed by atoms with van der Waals surface area (Å²) < 4.78 is 16.0. The standard InChI is InChI=1S/C12H16Cl2O3/c1-7-8(5-13)10(15-2)12(17-4)11(16-3)9(7)6-14/h5-6H2,1-4H3. The summed E-state index contributed by atoms with van der Waals surface area (Å²) in [6, 6.07) is 0. The summed E-state index contributed by atoms with van der Waals surface area (Å²) in [7, 11) is 4.71. The van der Waals surface area contributed by atoms with Crippen molar-refractivity contribution in [2.75, 3.05) is 21.3 Å². The first-order chi connectivity index (χ1) is 8.15. The number of rotatable bonds is 5. The maximum Gasteiger partial charge on any atom is 0.203 e. The molecule has 0 atom stereocenters. The Labute approximate surface area is 112 Å². The maximum atomic E-state index is 5.95. The summed E-state index contributed by atoms with van der Waals surface area (Å²) in [5.41, 5.74) is 2.73. The lowest BCUT2D eigenvalue weighted by atomic mass is 10.0. The van der Waals surface area contributed by atoms with E-state index in [1.165, 1.54) is 0 Å². The van der Waals surface area contributed by atoms with Gasteiger partial charge < -0.3 is 14.2 Å². The maximum absolute atomic E-state index is 5.95. The summed E-state index contributed by atoms with van der Waals surface area (Å²) in [5, 5.41) is 0. The van der Waals surface area contributed by atoms with Crippen LogP contribution in [0, 0.1) is 6.92 Å². The van der Waals surface area contributed by atoms with E-state index in [9.17, 15) is 0 Å². The predicted octanol–water partition coefficient (Wildman–Crippen LogP) is 3.50. The van der Waals surface area contributed by atoms with E-state index in [0.717, 1.165) is 16.7 Å². The van der Waals surface area contributed by atoms with Gasteiger partial charge in [-0.2, -0.15) is 0 Å². The Morgan fingerprint density at radius 1 is 0.765 bits per heavy atom. The fourth-order valence-corrected chi connectivity index (χ4v) is 2.48. The van der Waals surface area contributed by atoms with Crippen molar-refractivity contribution < 1.29 is 14.2 Å². The number of benzene rings is 1. The first-order valence-corrected chi connectivity index (χ1v) is 6.15. The van der Waals surface area contributed by atoms with Gasteiger partial charge in [-0.25, -0.2) is 0 Å². The fourth-order valence-electron chi connectivity index (χ4n) is 1.84. The number of hydrogen-bond donors (Lipinski definition) is 0. The second-order valence-corrected chi connectivity index (χ2v) is 3.98. The van der Waals surface area contributed by atoms with Gasteiger partial charge in [-0.3, -0.25) is 0 Å². The number of alkyl halides is 2. The molecule has 3 nitrogen and oxygen atoms in total. The van der Waals surface area contributed by atoms with Crippen molar-refractivity contribution in [1.29, 1.82) is 0 Å². The smallest absolute Gasteiger partial charge is 0.203 e. The zero-order chi connectivity index (χ0) is 13.0. The third-order valence-corrected chi connectivity index (χ3v) is 3.28. The molecule has 0 spiro atoms. The first kappa shape index (κ1) is 14.3. The van der Waals surface area contributed by atoms with Crippen LogP contribution in [0.1, 0.15) is 16.7 Å². The molecule has 1 aromatic rings. The van der Waals surface area contributed by atoms with E-state index < -0.39 is 0 Å². The van der Waals surface area contributed by atoms with E-state index in [1.54, 1.807) is 21.3 Å². The Balaban J connectivity index is 3.66. The van der Waals surface area contributed by atoms with Crippen molar-refractivity contribution in [3.8, 4) is 17.2 Å². The summed E-state index contributed by atoms with van der Waals surface area (Å²) in [4.78, 5) is 0. The average molecular weight is 279 g/mol. The van der Waals surface area contributed by atoms with E-state index >= 15 is 0 Å². The van der Waals surface area contributed by atoms with E-state index in [4.69, 9.17) is 37.4 Å². The summed E-state index contributed by atoms with van der Waals surface area (Å²) in [6.07, 6.45) is 0. The minimum atomic E-state index is 0.333. The van der Waals surface area contributed by atoms with Crippen molar-refractivity contribution in [3.05, 3.63) is 16.7 Å². The van der Waals surface area contributed by atoms with Crippen LogP contribution in [0.5, 0.6) is 17.2 Å². The van der Waals surface area contributed by atoms with Gasteiger partial charge in [0, 0.05) is 11.1 Å². The Hall–Kier alpha value is -0.800. The van der Waals surface area contributed by atoms with Crippen LogP contribution in [-0.2, 0) is 11.8 Å². The molecule has 0 aliphatic rings. The highest BCUT2D eigenvalue weighted by atomic mass is 35.5. The van der Waals surface area contributed by atoms with Gasteiger partial charge in [0.2, 0.25) is 5.75 Å². The molecule has 0 N–H and O–H groups in total. The van der Waals surface area contributed by atoms with Crippen molar-refractivity contribution in [2.45, 2.75) is 18.7 Å². The molecule has 0 aliphatic carbocycles. The highest BCUT2D eigenvalue weighted by molar-refractivity contribution is 6.18. The molecular weight excluding hydrogens is 263 g/mol. The minimum absolute atomic E-state index is 0.333.